The lowest BCUT2D eigenvalue weighted by atomic mass is 9.85. The Hall–Kier alpha value is 0.360. The van der Waals surface area contributed by atoms with E-state index in [1.165, 1.54) is 32.1 Å². The summed E-state index contributed by atoms with van der Waals surface area (Å²) in [5.41, 5.74) is 3.21. The third-order valence-corrected chi connectivity index (χ3v) is 5.41. The van der Waals surface area contributed by atoms with Gasteiger partial charge in [0.1, 0.15) is 0 Å². The molecule has 0 aromatic carbocycles. The number of halogens is 1. The van der Waals surface area contributed by atoms with Crippen LogP contribution in [-0.4, -0.2) is 3.97 Å². The van der Waals surface area contributed by atoms with E-state index in [0.29, 0.717) is 0 Å². The zero-order chi connectivity index (χ0) is 9.54. The van der Waals surface area contributed by atoms with Crippen LogP contribution in [0.25, 0.3) is 0 Å². The first-order valence-electron chi connectivity index (χ1n) is 5.36. The molecule has 0 radical (unpaired) electrons. The lowest BCUT2D eigenvalue weighted by molar-refractivity contribution is 0.401. The van der Waals surface area contributed by atoms with E-state index in [4.69, 9.17) is 0 Å². The molecule has 1 aromatic heterocycles. The summed E-state index contributed by atoms with van der Waals surface area (Å²) in [6.45, 7) is 0. The summed E-state index contributed by atoms with van der Waals surface area (Å²) in [5.74, 6) is 2.07. The van der Waals surface area contributed by atoms with Crippen LogP contribution in [0.15, 0.2) is 12.3 Å². The molecule has 1 nitrogen and oxygen atoms in total. The summed E-state index contributed by atoms with van der Waals surface area (Å²) in [5, 5.41) is 0. The van der Waals surface area contributed by atoms with E-state index in [1.54, 1.807) is 11.3 Å². The number of hydrogen-bond donors (Lipinski definition) is 0. The number of aryl methyl sites for hydroxylation is 1. The van der Waals surface area contributed by atoms with Crippen molar-refractivity contribution in [3.05, 3.63) is 23.5 Å². The average Bonchev–Trinajstić information content (AvgIpc) is 2.98. The van der Waals surface area contributed by atoms with Gasteiger partial charge < -0.3 is 0 Å². The van der Waals surface area contributed by atoms with E-state index in [1.807, 2.05) is 9.12 Å². The smallest absolute Gasteiger partial charge is 0.0335 e. The van der Waals surface area contributed by atoms with Crippen molar-refractivity contribution in [2.45, 2.75) is 32.1 Å². The number of rotatable bonds is 2. The Morgan fingerprint density at radius 1 is 1.29 bits per heavy atom. The third-order valence-electron chi connectivity index (χ3n) is 3.65. The molecule has 1 unspecified atom stereocenters. The molecule has 0 saturated heterocycles. The molecule has 0 bridgehead atoms. The van der Waals surface area contributed by atoms with Crippen molar-refractivity contribution in [2.75, 3.05) is 0 Å². The summed E-state index contributed by atoms with van der Waals surface area (Å²) in [7, 11) is 1.81. The van der Waals surface area contributed by atoms with Crippen LogP contribution in [0.5, 0.6) is 0 Å². The summed E-state index contributed by atoms with van der Waals surface area (Å²) < 4.78 is 2.35. The van der Waals surface area contributed by atoms with Crippen molar-refractivity contribution in [1.82, 2.24) is 3.97 Å². The van der Waals surface area contributed by atoms with Crippen molar-refractivity contribution in [1.29, 1.82) is 0 Å². The SMILES string of the molecule is ISn1ccc2c1CC(C1CC1)CC2. The molecule has 76 valence electrons. The molecule has 2 aliphatic rings. The summed E-state index contributed by atoms with van der Waals surface area (Å²) in [4.78, 5) is 0. The Balaban J connectivity index is 1.86. The zero-order valence-corrected chi connectivity index (χ0v) is 11.1. The normalized spacial score (nSPS) is 26.2. The fraction of sp³-hybridized carbons (Fsp3) is 0.636. The lowest BCUT2D eigenvalue weighted by Crippen LogP contribution is -2.16. The fourth-order valence-electron chi connectivity index (χ4n) is 2.66. The highest BCUT2D eigenvalue weighted by Crippen LogP contribution is 2.44. The summed E-state index contributed by atoms with van der Waals surface area (Å²) in [6, 6.07) is 2.31. The molecule has 0 aliphatic heterocycles. The van der Waals surface area contributed by atoms with E-state index in [-0.39, 0.29) is 0 Å². The number of nitrogens with zero attached hydrogens (tertiary/aromatic N) is 1. The highest BCUT2D eigenvalue weighted by molar-refractivity contribution is 14.2. The Morgan fingerprint density at radius 2 is 2.14 bits per heavy atom. The molecule has 1 aromatic rings. The van der Waals surface area contributed by atoms with Crippen LogP contribution in [0.2, 0.25) is 0 Å². The molecule has 1 fully saturated rings. The second-order valence-electron chi connectivity index (χ2n) is 4.52. The van der Waals surface area contributed by atoms with Gasteiger partial charge in [0.15, 0.2) is 0 Å². The first-order valence-corrected chi connectivity index (χ1v) is 8.68. The highest BCUT2D eigenvalue weighted by atomic mass is 127. The van der Waals surface area contributed by atoms with Crippen molar-refractivity contribution in [3.63, 3.8) is 0 Å². The predicted molar refractivity (Wildman–Crippen MR) is 69.7 cm³/mol. The molecule has 1 saturated carbocycles. The predicted octanol–water partition coefficient (Wildman–Crippen LogP) is 3.85. The summed E-state index contributed by atoms with van der Waals surface area (Å²) >= 11 is 2.38. The van der Waals surface area contributed by atoms with Crippen LogP contribution in [0.4, 0.5) is 0 Å². The molecule has 1 atom stereocenters. The standard InChI is InChI=1S/C11H14INS/c12-14-13-6-5-9-3-4-10(7-11(9)13)8-1-2-8/h5-6,8,10H,1-4,7H2. The first kappa shape index (κ1) is 9.58. The van der Waals surface area contributed by atoms with Crippen molar-refractivity contribution in [3.8, 4) is 0 Å². The van der Waals surface area contributed by atoms with Gasteiger partial charge in [0.2, 0.25) is 0 Å². The monoisotopic (exact) mass is 319 g/mol. The van der Waals surface area contributed by atoms with Gasteiger partial charge in [-0.15, -0.1) is 0 Å². The van der Waals surface area contributed by atoms with Gasteiger partial charge in [-0.25, -0.2) is 0 Å². The van der Waals surface area contributed by atoms with Gasteiger partial charge in [0.05, 0.1) is 0 Å². The maximum atomic E-state index is 2.38. The fourth-order valence-corrected chi connectivity index (χ4v) is 4.15. The molecular formula is C11H14INS. The average molecular weight is 319 g/mol. The van der Waals surface area contributed by atoms with E-state index >= 15 is 0 Å². The first-order chi connectivity index (χ1) is 6.88. The van der Waals surface area contributed by atoms with Gasteiger partial charge >= 0.3 is 0 Å². The van der Waals surface area contributed by atoms with Crippen LogP contribution >= 0.6 is 30.3 Å². The quantitative estimate of drug-likeness (QED) is 0.750. The molecule has 0 N–H and O–H groups in total. The van der Waals surface area contributed by atoms with Gasteiger partial charge in [0.25, 0.3) is 0 Å². The number of aromatic nitrogens is 1. The highest BCUT2D eigenvalue weighted by Gasteiger charge is 2.34. The van der Waals surface area contributed by atoms with Crippen molar-refractivity contribution in [2.24, 2.45) is 11.8 Å². The number of fused-ring (bicyclic) bond motifs is 1. The lowest BCUT2D eigenvalue weighted by Gasteiger charge is -2.23. The van der Waals surface area contributed by atoms with E-state index in [0.717, 1.165) is 11.8 Å². The van der Waals surface area contributed by atoms with Crippen molar-refractivity contribution >= 4 is 30.3 Å². The Labute approximate surface area is 101 Å². The Kier molecular flexibility index (Phi) is 2.56. The molecular weight excluding hydrogens is 305 g/mol. The molecule has 2 aliphatic carbocycles. The number of hydrogen-bond acceptors (Lipinski definition) is 1. The minimum atomic E-state index is 1.000. The molecule has 0 spiro atoms. The maximum absolute atomic E-state index is 2.38. The maximum Gasteiger partial charge on any atom is 0.0335 e. The third kappa shape index (κ3) is 1.62. The molecule has 3 heteroatoms. The van der Waals surface area contributed by atoms with E-state index in [2.05, 4.69) is 37.4 Å². The van der Waals surface area contributed by atoms with Gasteiger partial charge in [-0.05, 0) is 55.6 Å². The van der Waals surface area contributed by atoms with E-state index < -0.39 is 0 Å². The van der Waals surface area contributed by atoms with Gasteiger partial charge in [-0.2, -0.15) is 0 Å². The van der Waals surface area contributed by atoms with Crippen LogP contribution in [0.1, 0.15) is 30.5 Å². The van der Waals surface area contributed by atoms with Crippen LogP contribution in [-0.2, 0) is 12.8 Å². The summed E-state index contributed by atoms with van der Waals surface area (Å²) in [6.07, 6.45) is 9.32. The molecule has 0 amide bonds. The minimum Gasteiger partial charge on any atom is -0.287 e. The van der Waals surface area contributed by atoms with Crippen molar-refractivity contribution < 1.29 is 0 Å². The van der Waals surface area contributed by atoms with Gasteiger partial charge in [0, 0.05) is 42.2 Å². The Bertz CT molecular complexity index is 330. The minimum absolute atomic E-state index is 1.000. The van der Waals surface area contributed by atoms with Gasteiger partial charge in [-0.1, -0.05) is 0 Å². The van der Waals surface area contributed by atoms with E-state index in [9.17, 15) is 0 Å². The second kappa shape index (κ2) is 3.74. The second-order valence-corrected chi connectivity index (χ2v) is 6.24. The molecule has 3 rings (SSSR count). The largest absolute Gasteiger partial charge is 0.287 e. The van der Waals surface area contributed by atoms with Gasteiger partial charge in [-0.3, -0.25) is 3.97 Å². The molecule has 1 heterocycles. The zero-order valence-electron chi connectivity index (χ0n) is 8.08. The van der Waals surface area contributed by atoms with Crippen LogP contribution in [0, 0.1) is 11.8 Å². The van der Waals surface area contributed by atoms with Crippen LogP contribution in [0.3, 0.4) is 0 Å². The topological polar surface area (TPSA) is 4.93 Å². The molecule has 14 heavy (non-hydrogen) atoms. The Morgan fingerprint density at radius 3 is 2.86 bits per heavy atom. The van der Waals surface area contributed by atoms with Crippen LogP contribution < -0.4 is 0 Å².